The minimum absolute atomic E-state index is 0.0331. The van der Waals surface area contributed by atoms with Crippen LogP contribution >= 0.6 is 31.9 Å². The first-order chi connectivity index (χ1) is 9.49. The second kappa shape index (κ2) is 6.55. The molecule has 2 aromatic rings. The molecule has 0 atom stereocenters. The van der Waals surface area contributed by atoms with Crippen LogP contribution in [0.15, 0.2) is 51.4 Å². The maximum atomic E-state index is 12.5. The third-order valence-electron chi connectivity index (χ3n) is 3.13. The number of amides is 1. The minimum atomic E-state index is 0.0331. The van der Waals surface area contributed by atoms with Crippen LogP contribution in [0.25, 0.3) is 0 Å². The van der Waals surface area contributed by atoms with Crippen LogP contribution in [-0.2, 0) is 6.54 Å². The van der Waals surface area contributed by atoms with Crippen LogP contribution < -0.4 is 0 Å². The monoisotopic (exact) mass is 395 g/mol. The summed E-state index contributed by atoms with van der Waals surface area (Å²) in [5.74, 6) is 0.0331. The van der Waals surface area contributed by atoms with E-state index in [0.717, 1.165) is 25.6 Å². The van der Waals surface area contributed by atoms with Crippen LogP contribution in [0.4, 0.5) is 0 Å². The molecule has 0 aliphatic heterocycles. The molecule has 0 aliphatic carbocycles. The van der Waals surface area contributed by atoms with Crippen LogP contribution in [0.5, 0.6) is 0 Å². The first kappa shape index (κ1) is 15.3. The molecule has 4 heteroatoms. The molecule has 0 aromatic heterocycles. The van der Waals surface area contributed by atoms with Crippen LogP contribution in [0, 0.1) is 6.92 Å². The standard InChI is InChI=1S/C16H15Br2NO/c1-11-9-13(17)7-8-14(11)16(20)19(2)10-12-5-3-4-6-15(12)18/h3-9H,10H2,1-2H3. The Balaban J connectivity index is 2.19. The summed E-state index contributed by atoms with van der Waals surface area (Å²) in [4.78, 5) is 14.2. The van der Waals surface area contributed by atoms with Crippen molar-refractivity contribution >= 4 is 37.8 Å². The Hall–Kier alpha value is -1.13. The van der Waals surface area contributed by atoms with E-state index in [9.17, 15) is 4.79 Å². The quantitative estimate of drug-likeness (QED) is 0.730. The largest absolute Gasteiger partial charge is 0.337 e. The Morgan fingerprint density at radius 2 is 1.85 bits per heavy atom. The predicted octanol–water partition coefficient (Wildman–Crippen LogP) is 4.79. The van der Waals surface area contributed by atoms with E-state index in [2.05, 4.69) is 31.9 Å². The van der Waals surface area contributed by atoms with E-state index in [4.69, 9.17) is 0 Å². The van der Waals surface area contributed by atoms with Crippen molar-refractivity contribution in [3.8, 4) is 0 Å². The second-order valence-corrected chi connectivity index (χ2v) is 6.48. The van der Waals surface area contributed by atoms with Crippen LogP contribution in [0.1, 0.15) is 21.5 Å². The minimum Gasteiger partial charge on any atom is -0.337 e. The molecule has 0 bridgehead atoms. The number of halogens is 2. The summed E-state index contributed by atoms with van der Waals surface area (Å²) in [5.41, 5.74) is 2.81. The molecule has 20 heavy (non-hydrogen) atoms. The zero-order valence-corrected chi connectivity index (χ0v) is 14.5. The van der Waals surface area contributed by atoms with Gasteiger partial charge < -0.3 is 4.90 Å². The second-order valence-electron chi connectivity index (χ2n) is 4.71. The lowest BCUT2D eigenvalue weighted by atomic mass is 10.1. The smallest absolute Gasteiger partial charge is 0.254 e. The van der Waals surface area contributed by atoms with Crippen molar-refractivity contribution in [3.05, 3.63) is 68.1 Å². The number of carbonyl (C=O) groups is 1. The molecule has 0 N–H and O–H groups in total. The normalized spacial score (nSPS) is 10.4. The van der Waals surface area contributed by atoms with Crippen LogP contribution in [0.2, 0.25) is 0 Å². The Kier molecular flexibility index (Phi) is 5.00. The lowest BCUT2D eigenvalue weighted by Crippen LogP contribution is -2.27. The summed E-state index contributed by atoms with van der Waals surface area (Å²) in [6.45, 7) is 2.53. The molecule has 0 radical (unpaired) electrons. The maximum absolute atomic E-state index is 12.5. The molecular weight excluding hydrogens is 382 g/mol. The number of carbonyl (C=O) groups excluding carboxylic acids is 1. The van der Waals surface area contributed by atoms with E-state index in [1.54, 1.807) is 4.90 Å². The van der Waals surface area contributed by atoms with Gasteiger partial charge in [0.15, 0.2) is 0 Å². The van der Waals surface area contributed by atoms with Crippen molar-refractivity contribution < 1.29 is 4.79 Å². The summed E-state index contributed by atoms with van der Waals surface area (Å²) in [7, 11) is 1.82. The van der Waals surface area contributed by atoms with Crippen molar-refractivity contribution in [1.82, 2.24) is 4.90 Å². The molecule has 0 heterocycles. The number of hydrogen-bond donors (Lipinski definition) is 0. The average molecular weight is 397 g/mol. The number of rotatable bonds is 3. The molecular formula is C16H15Br2NO. The van der Waals surface area contributed by atoms with E-state index in [1.807, 2.05) is 56.4 Å². The Morgan fingerprint density at radius 3 is 2.50 bits per heavy atom. The molecule has 0 saturated carbocycles. The third kappa shape index (κ3) is 3.49. The summed E-state index contributed by atoms with van der Waals surface area (Å²) in [6.07, 6.45) is 0. The Labute approximate surface area is 136 Å². The average Bonchev–Trinajstić information content (AvgIpc) is 2.40. The SMILES string of the molecule is Cc1cc(Br)ccc1C(=O)N(C)Cc1ccccc1Br. The van der Waals surface area contributed by atoms with Crippen molar-refractivity contribution in [2.75, 3.05) is 7.05 Å². The highest BCUT2D eigenvalue weighted by Crippen LogP contribution is 2.20. The van der Waals surface area contributed by atoms with E-state index in [-0.39, 0.29) is 5.91 Å². The van der Waals surface area contributed by atoms with Crippen LogP contribution in [-0.4, -0.2) is 17.9 Å². The maximum Gasteiger partial charge on any atom is 0.254 e. The van der Waals surface area contributed by atoms with E-state index < -0.39 is 0 Å². The fourth-order valence-electron chi connectivity index (χ4n) is 2.03. The predicted molar refractivity (Wildman–Crippen MR) is 88.8 cm³/mol. The van der Waals surface area contributed by atoms with Gasteiger partial charge in [-0.15, -0.1) is 0 Å². The van der Waals surface area contributed by atoms with Gasteiger partial charge in [-0.3, -0.25) is 4.79 Å². The summed E-state index contributed by atoms with van der Waals surface area (Å²) in [6, 6.07) is 13.7. The number of nitrogens with zero attached hydrogens (tertiary/aromatic N) is 1. The first-order valence-corrected chi connectivity index (χ1v) is 7.82. The molecule has 0 unspecified atom stereocenters. The van der Waals surface area contributed by atoms with Crippen molar-refractivity contribution in [3.63, 3.8) is 0 Å². The van der Waals surface area contributed by atoms with Gasteiger partial charge in [-0.1, -0.05) is 50.1 Å². The molecule has 0 spiro atoms. The van der Waals surface area contributed by atoms with Gasteiger partial charge in [0.2, 0.25) is 0 Å². The van der Waals surface area contributed by atoms with Gasteiger partial charge in [-0.05, 0) is 42.3 Å². The van der Waals surface area contributed by atoms with Gasteiger partial charge in [0.25, 0.3) is 5.91 Å². The molecule has 104 valence electrons. The molecule has 2 nitrogen and oxygen atoms in total. The summed E-state index contributed by atoms with van der Waals surface area (Å²) >= 11 is 6.92. The van der Waals surface area contributed by atoms with Crippen molar-refractivity contribution in [2.45, 2.75) is 13.5 Å². The summed E-state index contributed by atoms with van der Waals surface area (Å²) in [5, 5.41) is 0. The highest BCUT2D eigenvalue weighted by Gasteiger charge is 2.15. The van der Waals surface area contributed by atoms with E-state index >= 15 is 0 Å². The zero-order valence-electron chi connectivity index (χ0n) is 11.4. The number of benzene rings is 2. The first-order valence-electron chi connectivity index (χ1n) is 6.24. The lowest BCUT2D eigenvalue weighted by molar-refractivity contribution is 0.0784. The van der Waals surface area contributed by atoms with Gasteiger partial charge in [0, 0.05) is 28.1 Å². The Bertz CT molecular complexity index is 640. The van der Waals surface area contributed by atoms with Gasteiger partial charge >= 0.3 is 0 Å². The van der Waals surface area contributed by atoms with Gasteiger partial charge in [-0.2, -0.15) is 0 Å². The van der Waals surface area contributed by atoms with Gasteiger partial charge in [-0.25, -0.2) is 0 Å². The highest BCUT2D eigenvalue weighted by atomic mass is 79.9. The van der Waals surface area contributed by atoms with Gasteiger partial charge in [0.1, 0.15) is 0 Å². The zero-order chi connectivity index (χ0) is 14.7. The van der Waals surface area contributed by atoms with Crippen molar-refractivity contribution in [2.24, 2.45) is 0 Å². The number of hydrogen-bond acceptors (Lipinski definition) is 1. The molecule has 0 saturated heterocycles. The highest BCUT2D eigenvalue weighted by molar-refractivity contribution is 9.10. The number of aryl methyl sites for hydroxylation is 1. The molecule has 2 rings (SSSR count). The topological polar surface area (TPSA) is 20.3 Å². The Morgan fingerprint density at radius 1 is 1.15 bits per heavy atom. The van der Waals surface area contributed by atoms with Crippen molar-refractivity contribution in [1.29, 1.82) is 0 Å². The fraction of sp³-hybridized carbons (Fsp3) is 0.188. The third-order valence-corrected chi connectivity index (χ3v) is 4.40. The molecule has 1 amide bonds. The molecule has 0 aliphatic rings. The van der Waals surface area contributed by atoms with Crippen LogP contribution in [0.3, 0.4) is 0 Å². The fourth-order valence-corrected chi connectivity index (χ4v) is 2.91. The molecule has 2 aromatic carbocycles. The van der Waals surface area contributed by atoms with Gasteiger partial charge in [0.05, 0.1) is 0 Å². The molecule has 0 fully saturated rings. The lowest BCUT2D eigenvalue weighted by Gasteiger charge is -2.19. The van der Waals surface area contributed by atoms with E-state index in [0.29, 0.717) is 6.54 Å². The van der Waals surface area contributed by atoms with E-state index in [1.165, 1.54) is 0 Å². The summed E-state index contributed by atoms with van der Waals surface area (Å²) < 4.78 is 2.01.